The average Bonchev–Trinajstić information content (AvgIpc) is 2.59. The SMILES string of the molecule is COc1ccc([C@@H](C(C)=O)[C@H](C(C)=O)c2ccc(OC)cc2)cc1. The topological polar surface area (TPSA) is 52.6 Å². The quantitative estimate of drug-likeness (QED) is 0.777. The van der Waals surface area contributed by atoms with E-state index in [1.807, 2.05) is 24.3 Å². The first-order valence-electron chi connectivity index (χ1n) is 7.76. The third-order valence-electron chi connectivity index (χ3n) is 4.16. The third-order valence-corrected chi connectivity index (χ3v) is 4.16. The molecule has 0 saturated carbocycles. The first kappa shape index (κ1) is 17.7. The summed E-state index contributed by atoms with van der Waals surface area (Å²) in [5, 5.41) is 0. The Morgan fingerprint density at radius 1 is 0.667 bits per heavy atom. The Bertz CT molecular complexity index is 638. The minimum atomic E-state index is -0.526. The molecule has 0 spiro atoms. The molecule has 0 fully saturated rings. The van der Waals surface area contributed by atoms with Crippen LogP contribution in [-0.4, -0.2) is 25.8 Å². The molecule has 0 unspecified atom stereocenters. The molecule has 0 aliphatic rings. The summed E-state index contributed by atoms with van der Waals surface area (Å²) < 4.78 is 10.3. The molecule has 4 heteroatoms. The zero-order valence-corrected chi connectivity index (χ0v) is 14.4. The maximum Gasteiger partial charge on any atom is 0.138 e. The van der Waals surface area contributed by atoms with Crippen LogP contribution in [0.2, 0.25) is 0 Å². The molecular formula is C20H22O4. The fourth-order valence-electron chi connectivity index (χ4n) is 2.95. The van der Waals surface area contributed by atoms with E-state index < -0.39 is 11.8 Å². The van der Waals surface area contributed by atoms with Gasteiger partial charge in [-0.25, -0.2) is 0 Å². The second-order valence-electron chi connectivity index (χ2n) is 5.72. The van der Waals surface area contributed by atoms with Gasteiger partial charge in [0.1, 0.15) is 23.1 Å². The second kappa shape index (κ2) is 7.77. The number of carbonyl (C=O) groups is 2. The Morgan fingerprint density at radius 2 is 0.958 bits per heavy atom. The molecule has 2 aromatic rings. The van der Waals surface area contributed by atoms with Crippen molar-refractivity contribution < 1.29 is 19.1 Å². The van der Waals surface area contributed by atoms with E-state index in [1.54, 1.807) is 38.5 Å². The lowest BCUT2D eigenvalue weighted by molar-refractivity contribution is -0.125. The highest BCUT2D eigenvalue weighted by Gasteiger charge is 2.32. The average molecular weight is 326 g/mol. The van der Waals surface area contributed by atoms with Crippen LogP contribution < -0.4 is 9.47 Å². The minimum absolute atomic E-state index is 0.0452. The van der Waals surface area contributed by atoms with Gasteiger partial charge in [-0.1, -0.05) is 24.3 Å². The number of Topliss-reactive ketones (excluding diaryl/α,β-unsaturated/α-hetero) is 2. The first-order valence-corrected chi connectivity index (χ1v) is 7.76. The Morgan fingerprint density at radius 3 is 1.17 bits per heavy atom. The van der Waals surface area contributed by atoms with E-state index in [1.165, 1.54) is 13.8 Å². The van der Waals surface area contributed by atoms with Crippen LogP contribution in [0.1, 0.15) is 36.8 Å². The van der Waals surface area contributed by atoms with Crippen molar-refractivity contribution in [2.45, 2.75) is 25.7 Å². The number of carbonyl (C=O) groups excluding carboxylic acids is 2. The van der Waals surface area contributed by atoms with Crippen LogP contribution in [0.15, 0.2) is 48.5 Å². The molecule has 0 amide bonds. The fourth-order valence-corrected chi connectivity index (χ4v) is 2.95. The molecule has 126 valence electrons. The van der Waals surface area contributed by atoms with Crippen LogP contribution in [0.4, 0.5) is 0 Å². The van der Waals surface area contributed by atoms with Crippen LogP contribution in [0.25, 0.3) is 0 Å². The van der Waals surface area contributed by atoms with Crippen LogP contribution in [0, 0.1) is 0 Å². The van der Waals surface area contributed by atoms with Crippen LogP contribution in [0.3, 0.4) is 0 Å². The number of rotatable bonds is 7. The molecule has 2 aromatic carbocycles. The maximum atomic E-state index is 12.3. The van der Waals surface area contributed by atoms with Crippen LogP contribution in [-0.2, 0) is 9.59 Å². The summed E-state index contributed by atoms with van der Waals surface area (Å²) in [5.41, 5.74) is 1.61. The molecule has 0 radical (unpaired) electrons. The van der Waals surface area contributed by atoms with Gasteiger partial charge in [-0.05, 0) is 49.2 Å². The highest BCUT2D eigenvalue weighted by molar-refractivity contribution is 5.94. The zero-order chi connectivity index (χ0) is 17.7. The second-order valence-corrected chi connectivity index (χ2v) is 5.72. The van der Waals surface area contributed by atoms with Crippen LogP contribution in [0.5, 0.6) is 11.5 Å². The predicted octanol–water partition coefficient (Wildman–Crippen LogP) is 3.75. The number of methoxy groups -OCH3 is 2. The normalized spacial score (nSPS) is 13.0. The Labute approximate surface area is 142 Å². The van der Waals surface area contributed by atoms with Crippen molar-refractivity contribution in [3.63, 3.8) is 0 Å². The lowest BCUT2D eigenvalue weighted by Crippen LogP contribution is -2.23. The smallest absolute Gasteiger partial charge is 0.138 e. The molecule has 0 N–H and O–H groups in total. The van der Waals surface area contributed by atoms with Crippen LogP contribution >= 0.6 is 0 Å². The van der Waals surface area contributed by atoms with E-state index in [-0.39, 0.29) is 11.6 Å². The van der Waals surface area contributed by atoms with Crippen molar-refractivity contribution in [3.8, 4) is 11.5 Å². The van der Waals surface area contributed by atoms with Gasteiger partial charge in [-0.15, -0.1) is 0 Å². The van der Waals surface area contributed by atoms with Gasteiger partial charge < -0.3 is 9.47 Å². The molecule has 2 atom stereocenters. The van der Waals surface area contributed by atoms with E-state index in [4.69, 9.17) is 9.47 Å². The molecule has 4 nitrogen and oxygen atoms in total. The van der Waals surface area contributed by atoms with Crippen molar-refractivity contribution in [1.29, 1.82) is 0 Å². The molecule has 24 heavy (non-hydrogen) atoms. The van der Waals surface area contributed by atoms with E-state index in [2.05, 4.69) is 0 Å². The molecule has 0 saturated heterocycles. The summed E-state index contributed by atoms with van der Waals surface area (Å²) >= 11 is 0. The van der Waals surface area contributed by atoms with Crippen molar-refractivity contribution >= 4 is 11.6 Å². The van der Waals surface area contributed by atoms with Crippen molar-refractivity contribution in [2.75, 3.05) is 14.2 Å². The number of benzene rings is 2. The van der Waals surface area contributed by atoms with Gasteiger partial charge in [-0.2, -0.15) is 0 Å². The zero-order valence-electron chi connectivity index (χ0n) is 14.4. The monoisotopic (exact) mass is 326 g/mol. The van der Waals surface area contributed by atoms with Crippen molar-refractivity contribution in [3.05, 3.63) is 59.7 Å². The summed E-state index contributed by atoms with van der Waals surface area (Å²) in [7, 11) is 3.18. The highest BCUT2D eigenvalue weighted by atomic mass is 16.5. The summed E-state index contributed by atoms with van der Waals surface area (Å²) in [4.78, 5) is 24.7. The molecule has 0 aromatic heterocycles. The Balaban J connectivity index is 2.46. The molecule has 0 aliphatic heterocycles. The maximum absolute atomic E-state index is 12.3. The molecule has 2 rings (SSSR count). The largest absolute Gasteiger partial charge is 0.497 e. The standard InChI is InChI=1S/C20H22O4/c1-13(21)19(15-5-9-17(23-3)10-6-15)20(14(2)22)16-7-11-18(24-4)12-8-16/h5-12,19-20H,1-4H3/t19-,20-/m1/s1. The molecule has 0 aliphatic carbocycles. The van der Waals surface area contributed by atoms with E-state index in [9.17, 15) is 9.59 Å². The van der Waals surface area contributed by atoms with E-state index in [0.717, 1.165) is 11.1 Å². The van der Waals surface area contributed by atoms with Gasteiger partial charge >= 0.3 is 0 Å². The van der Waals surface area contributed by atoms with E-state index >= 15 is 0 Å². The van der Waals surface area contributed by atoms with Crippen molar-refractivity contribution in [2.24, 2.45) is 0 Å². The predicted molar refractivity (Wildman–Crippen MR) is 92.8 cm³/mol. The lowest BCUT2D eigenvalue weighted by atomic mass is 9.77. The minimum Gasteiger partial charge on any atom is -0.497 e. The van der Waals surface area contributed by atoms with Gasteiger partial charge in [-0.3, -0.25) is 9.59 Å². The number of ether oxygens (including phenoxy) is 2. The van der Waals surface area contributed by atoms with E-state index in [0.29, 0.717) is 11.5 Å². The van der Waals surface area contributed by atoms with Gasteiger partial charge in [0, 0.05) is 0 Å². The summed E-state index contributed by atoms with van der Waals surface area (Å²) in [6, 6.07) is 14.6. The lowest BCUT2D eigenvalue weighted by Gasteiger charge is -2.24. The number of ketones is 2. The van der Waals surface area contributed by atoms with Gasteiger partial charge in [0.2, 0.25) is 0 Å². The first-order chi connectivity index (χ1) is 11.5. The Hall–Kier alpha value is -2.62. The third kappa shape index (κ3) is 3.82. The molecular weight excluding hydrogens is 304 g/mol. The molecule has 0 heterocycles. The van der Waals surface area contributed by atoms with Crippen molar-refractivity contribution in [1.82, 2.24) is 0 Å². The number of hydrogen-bond donors (Lipinski definition) is 0. The van der Waals surface area contributed by atoms with Gasteiger partial charge in [0.15, 0.2) is 0 Å². The summed E-state index contributed by atoms with van der Waals surface area (Å²) in [6.07, 6.45) is 0. The molecule has 0 bridgehead atoms. The highest BCUT2D eigenvalue weighted by Crippen LogP contribution is 2.36. The van der Waals surface area contributed by atoms with Gasteiger partial charge in [0.05, 0.1) is 26.1 Å². The summed E-state index contributed by atoms with van der Waals surface area (Å²) in [6.45, 7) is 3.04. The Kier molecular flexibility index (Phi) is 5.74. The fraction of sp³-hybridized carbons (Fsp3) is 0.300. The summed E-state index contributed by atoms with van der Waals surface area (Å²) in [5.74, 6) is 0.283. The van der Waals surface area contributed by atoms with Gasteiger partial charge in [0.25, 0.3) is 0 Å². The number of hydrogen-bond acceptors (Lipinski definition) is 4.